The molecule has 2 aromatic rings. The largest absolute Gasteiger partial charge is 0.462 e. The number of anilines is 1. The third kappa shape index (κ3) is 5.14. The van der Waals surface area contributed by atoms with Crippen molar-refractivity contribution in [2.24, 2.45) is 0 Å². The zero-order valence-electron chi connectivity index (χ0n) is 20.0. The molecule has 0 spiro atoms. The normalized spacial score (nSPS) is 15.1. The monoisotopic (exact) mass is 445 g/mol. The van der Waals surface area contributed by atoms with Gasteiger partial charge in [0.25, 0.3) is 0 Å². The van der Waals surface area contributed by atoms with Crippen LogP contribution in [0.5, 0.6) is 0 Å². The van der Waals surface area contributed by atoms with Gasteiger partial charge in [-0.05, 0) is 53.9 Å². The van der Waals surface area contributed by atoms with Crippen molar-refractivity contribution in [3.05, 3.63) is 17.5 Å². The van der Waals surface area contributed by atoms with Gasteiger partial charge in [0.05, 0.1) is 29.6 Å². The second-order valence-corrected chi connectivity index (χ2v) is 8.97. The maximum atomic E-state index is 12.9. The molecule has 1 amide bonds. The van der Waals surface area contributed by atoms with Gasteiger partial charge in [-0.25, -0.2) is 19.3 Å². The number of aromatic nitrogens is 3. The van der Waals surface area contributed by atoms with Crippen LogP contribution in [0, 0.1) is 0 Å². The van der Waals surface area contributed by atoms with Crippen LogP contribution >= 0.6 is 0 Å². The number of pyridine rings is 1. The number of esters is 1. The predicted octanol–water partition coefficient (Wildman–Crippen LogP) is 4.00. The van der Waals surface area contributed by atoms with Crippen molar-refractivity contribution in [2.45, 2.75) is 79.0 Å². The SMILES string of the molecule is CCOC(=O)c1c(CC)nc2c(cnn2CC)c1NC1CCN(C(=O)OC(C)(C)C)CC1. The summed E-state index contributed by atoms with van der Waals surface area (Å²) in [6.45, 7) is 13.5. The van der Waals surface area contributed by atoms with Gasteiger partial charge in [-0.1, -0.05) is 6.92 Å². The standard InChI is InChI=1S/C23H35N5O4/c1-7-17-18(21(29)31-9-3)19(16-14-24-28(8-2)20(16)26-17)25-15-10-12-27(13-11-15)22(30)32-23(4,5)6/h14-15H,7-13H2,1-6H3,(H,25,26). The molecular weight excluding hydrogens is 410 g/mol. The summed E-state index contributed by atoms with van der Waals surface area (Å²) in [5.74, 6) is -0.378. The topological polar surface area (TPSA) is 98.6 Å². The Balaban J connectivity index is 1.88. The number of carbonyl (C=O) groups is 2. The van der Waals surface area contributed by atoms with Crippen molar-refractivity contribution in [3.63, 3.8) is 0 Å². The molecule has 0 unspecified atom stereocenters. The summed E-state index contributed by atoms with van der Waals surface area (Å²) >= 11 is 0. The first kappa shape index (κ1) is 23.8. The lowest BCUT2D eigenvalue weighted by molar-refractivity contribution is 0.0210. The van der Waals surface area contributed by atoms with Crippen molar-refractivity contribution < 1.29 is 19.1 Å². The Hall–Kier alpha value is -2.84. The summed E-state index contributed by atoms with van der Waals surface area (Å²) < 4.78 is 12.7. The van der Waals surface area contributed by atoms with E-state index in [9.17, 15) is 9.59 Å². The summed E-state index contributed by atoms with van der Waals surface area (Å²) in [7, 11) is 0. The molecule has 176 valence electrons. The second-order valence-electron chi connectivity index (χ2n) is 8.97. The number of amides is 1. The first-order valence-corrected chi connectivity index (χ1v) is 11.5. The highest BCUT2D eigenvalue weighted by molar-refractivity contribution is 6.05. The van der Waals surface area contributed by atoms with E-state index in [0.29, 0.717) is 43.9 Å². The van der Waals surface area contributed by atoms with Gasteiger partial charge in [-0.15, -0.1) is 0 Å². The van der Waals surface area contributed by atoms with Crippen LogP contribution in [-0.2, 0) is 22.4 Å². The number of ether oxygens (including phenoxy) is 2. The number of rotatable bonds is 6. The highest BCUT2D eigenvalue weighted by Gasteiger charge is 2.29. The predicted molar refractivity (Wildman–Crippen MR) is 123 cm³/mol. The Morgan fingerprint density at radius 2 is 1.88 bits per heavy atom. The summed E-state index contributed by atoms with van der Waals surface area (Å²) in [4.78, 5) is 31.8. The molecule has 0 atom stereocenters. The summed E-state index contributed by atoms with van der Waals surface area (Å²) in [6.07, 6.45) is 3.56. The highest BCUT2D eigenvalue weighted by atomic mass is 16.6. The molecule has 0 aliphatic carbocycles. The minimum Gasteiger partial charge on any atom is -0.462 e. The third-order valence-electron chi connectivity index (χ3n) is 5.47. The molecule has 9 heteroatoms. The average molecular weight is 446 g/mol. The van der Waals surface area contributed by atoms with E-state index in [1.54, 1.807) is 18.0 Å². The first-order valence-electron chi connectivity index (χ1n) is 11.5. The van der Waals surface area contributed by atoms with Crippen molar-refractivity contribution >= 4 is 28.8 Å². The fourth-order valence-electron chi connectivity index (χ4n) is 3.93. The van der Waals surface area contributed by atoms with Gasteiger partial charge in [0.1, 0.15) is 11.2 Å². The molecule has 1 aliphatic rings. The first-order chi connectivity index (χ1) is 15.2. The van der Waals surface area contributed by atoms with Crippen LogP contribution in [0.3, 0.4) is 0 Å². The molecule has 3 heterocycles. The van der Waals surface area contributed by atoms with E-state index in [-0.39, 0.29) is 18.1 Å². The zero-order chi connectivity index (χ0) is 23.5. The molecule has 32 heavy (non-hydrogen) atoms. The average Bonchev–Trinajstić information content (AvgIpc) is 3.15. The number of hydrogen-bond donors (Lipinski definition) is 1. The molecule has 1 aliphatic heterocycles. The molecule has 1 N–H and O–H groups in total. The maximum Gasteiger partial charge on any atom is 0.410 e. The Kier molecular flexibility index (Phi) is 7.26. The number of likely N-dealkylation sites (tertiary alicyclic amines) is 1. The van der Waals surface area contributed by atoms with Crippen LogP contribution in [0.4, 0.5) is 10.5 Å². The Morgan fingerprint density at radius 3 is 2.44 bits per heavy atom. The third-order valence-corrected chi connectivity index (χ3v) is 5.47. The quantitative estimate of drug-likeness (QED) is 0.671. The molecule has 9 nitrogen and oxygen atoms in total. The molecule has 1 saturated heterocycles. The maximum absolute atomic E-state index is 12.9. The van der Waals surface area contributed by atoms with Crippen LogP contribution in [0.15, 0.2) is 6.20 Å². The number of piperidine rings is 1. The van der Waals surface area contributed by atoms with Gasteiger partial charge >= 0.3 is 12.1 Å². The van der Waals surface area contributed by atoms with E-state index in [4.69, 9.17) is 14.5 Å². The summed E-state index contributed by atoms with van der Waals surface area (Å²) in [5, 5.41) is 8.84. The van der Waals surface area contributed by atoms with Gasteiger partial charge < -0.3 is 19.7 Å². The molecule has 3 rings (SSSR count). The van der Waals surface area contributed by atoms with Gasteiger partial charge in [0.15, 0.2) is 5.65 Å². The van der Waals surface area contributed by atoms with Gasteiger partial charge in [0.2, 0.25) is 0 Å². The number of nitrogens with one attached hydrogen (secondary N) is 1. The smallest absolute Gasteiger partial charge is 0.410 e. The lowest BCUT2D eigenvalue weighted by atomic mass is 10.0. The van der Waals surface area contributed by atoms with Gasteiger partial charge in [0, 0.05) is 25.7 Å². The fraction of sp³-hybridized carbons (Fsp3) is 0.652. The molecule has 0 saturated carbocycles. The van der Waals surface area contributed by atoms with Crippen molar-refractivity contribution in [2.75, 3.05) is 25.0 Å². The van der Waals surface area contributed by atoms with E-state index >= 15 is 0 Å². The Bertz CT molecular complexity index is 971. The lowest BCUT2D eigenvalue weighted by Gasteiger charge is -2.34. The van der Waals surface area contributed by atoms with Crippen LogP contribution in [0.1, 0.15) is 70.4 Å². The Morgan fingerprint density at radius 1 is 1.19 bits per heavy atom. The molecular formula is C23H35N5O4. The summed E-state index contributed by atoms with van der Waals surface area (Å²) in [6, 6.07) is 0.0992. The number of aryl methyl sites for hydroxylation is 2. The minimum absolute atomic E-state index is 0.0992. The van der Waals surface area contributed by atoms with E-state index < -0.39 is 5.60 Å². The van der Waals surface area contributed by atoms with Crippen molar-refractivity contribution in [3.8, 4) is 0 Å². The van der Waals surface area contributed by atoms with E-state index in [1.807, 2.05) is 39.3 Å². The Labute approximate surface area is 189 Å². The molecule has 1 fully saturated rings. The van der Waals surface area contributed by atoms with Crippen molar-refractivity contribution in [1.29, 1.82) is 0 Å². The highest BCUT2D eigenvalue weighted by Crippen LogP contribution is 2.32. The lowest BCUT2D eigenvalue weighted by Crippen LogP contribution is -2.44. The van der Waals surface area contributed by atoms with Crippen LogP contribution in [-0.4, -0.2) is 63.1 Å². The number of hydrogen-bond acceptors (Lipinski definition) is 7. The molecule has 0 radical (unpaired) electrons. The van der Waals surface area contributed by atoms with Crippen molar-refractivity contribution in [1.82, 2.24) is 19.7 Å². The number of carbonyl (C=O) groups excluding carboxylic acids is 2. The van der Waals surface area contributed by atoms with Crippen LogP contribution in [0.25, 0.3) is 11.0 Å². The molecule has 0 bridgehead atoms. The van der Waals surface area contributed by atoms with Gasteiger partial charge in [-0.2, -0.15) is 5.10 Å². The van der Waals surface area contributed by atoms with E-state index in [2.05, 4.69) is 10.4 Å². The molecule has 2 aromatic heterocycles. The van der Waals surface area contributed by atoms with Crippen LogP contribution < -0.4 is 5.32 Å². The van der Waals surface area contributed by atoms with E-state index in [1.165, 1.54) is 0 Å². The minimum atomic E-state index is -0.515. The van der Waals surface area contributed by atoms with Gasteiger partial charge in [-0.3, -0.25) is 0 Å². The number of nitrogens with zero attached hydrogens (tertiary/aromatic N) is 4. The number of fused-ring (bicyclic) bond motifs is 1. The second kappa shape index (κ2) is 9.75. The zero-order valence-corrected chi connectivity index (χ0v) is 20.0. The summed E-state index contributed by atoms with van der Waals surface area (Å²) in [5.41, 5.74) is 2.14. The fourth-order valence-corrected chi connectivity index (χ4v) is 3.93. The van der Waals surface area contributed by atoms with Crippen LogP contribution in [0.2, 0.25) is 0 Å². The van der Waals surface area contributed by atoms with E-state index in [0.717, 1.165) is 29.6 Å². The molecule has 0 aromatic carbocycles.